The number of carbonyl (C=O) groups is 2. The van der Waals surface area contributed by atoms with Crippen LogP contribution in [0, 0.1) is 18.7 Å². The van der Waals surface area contributed by atoms with Crippen molar-refractivity contribution in [2.75, 3.05) is 24.4 Å². The van der Waals surface area contributed by atoms with Crippen molar-refractivity contribution in [1.82, 2.24) is 4.90 Å². The summed E-state index contributed by atoms with van der Waals surface area (Å²) >= 11 is 0. The van der Waals surface area contributed by atoms with E-state index in [0.717, 1.165) is 18.9 Å². The van der Waals surface area contributed by atoms with Crippen molar-refractivity contribution in [1.29, 1.82) is 0 Å². The van der Waals surface area contributed by atoms with Crippen molar-refractivity contribution >= 4 is 27.6 Å². The van der Waals surface area contributed by atoms with Crippen LogP contribution in [-0.2, 0) is 19.6 Å². The molecule has 9 heteroatoms. The van der Waals surface area contributed by atoms with Crippen LogP contribution < -0.4 is 4.72 Å². The van der Waals surface area contributed by atoms with Gasteiger partial charge in [0.1, 0.15) is 5.82 Å². The third-order valence-electron chi connectivity index (χ3n) is 5.17. The van der Waals surface area contributed by atoms with Crippen LogP contribution in [-0.4, -0.2) is 44.9 Å². The van der Waals surface area contributed by atoms with Gasteiger partial charge in [0.05, 0.1) is 17.9 Å². The molecule has 0 aromatic heterocycles. The van der Waals surface area contributed by atoms with Crippen LogP contribution in [0.15, 0.2) is 47.4 Å². The lowest BCUT2D eigenvalue weighted by Gasteiger charge is -2.22. The van der Waals surface area contributed by atoms with E-state index in [9.17, 15) is 22.4 Å². The summed E-state index contributed by atoms with van der Waals surface area (Å²) in [5.41, 5.74) is 0.827. The zero-order valence-corrected chi connectivity index (χ0v) is 19.0. The third kappa shape index (κ3) is 6.29. The normalized spacial score (nSPS) is 13.5. The summed E-state index contributed by atoms with van der Waals surface area (Å²) in [5, 5.41) is 0. The topological polar surface area (TPSA) is 92.8 Å². The Labute approximate surface area is 187 Å². The maximum absolute atomic E-state index is 13.8. The minimum absolute atomic E-state index is 0.0948. The summed E-state index contributed by atoms with van der Waals surface area (Å²) in [6, 6.07) is 9.79. The van der Waals surface area contributed by atoms with Crippen LogP contribution >= 0.6 is 0 Å². The fourth-order valence-electron chi connectivity index (χ4n) is 3.20. The van der Waals surface area contributed by atoms with E-state index in [-0.39, 0.29) is 42.0 Å². The highest BCUT2D eigenvalue weighted by molar-refractivity contribution is 7.92. The molecule has 0 radical (unpaired) electrons. The van der Waals surface area contributed by atoms with Gasteiger partial charge in [-0.3, -0.25) is 14.3 Å². The summed E-state index contributed by atoms with van der Waals surface area (Å²) in [4.78, 5) is 26.2. The molecule has 0 spiro atoms. The van der Waals surface area contributed by atoms with Gasteiger partial charge in [0.25, 0.3) is 15.9 Å². The molecule has 7 nitrogen and oxygen atoms in total. The quantitative estimate of drug-likeness (QED) is 0.543. The molecule has 0 atom stereocenters. The second-order valence-corrected chi connectivity index (χ2v) is 9.53. The van der Waals surface area contributed by atoms with Crippen LogP contribution in [0.25, 0.3) is 0 Å². The highest BCUT2D eigenvalue weighted by Gasteiger charge is 2.28. The van der Waals surface area contributed by atoms with Crippen molar-refractivity contribution in [2.24, 2.45) is 5.92 Å². The average molecular weight is 463 g/mol. The lowest BCUT2D eigenvalue weighted by atomic mass is 10.1. The molecule has 0 unspecified atom stereocenters. The summed E-state index contributed by atoms with van der Waals surface area (Å²) in [7, 11) is -4.03. The van der Waals surface area contributed by atoms with Crippen molar-refractivity contribution in [3.05, 3.63) is 59.4 Å². The smallest absolute Gasteiger partial charge is 0.307 e. The number of hydrogen-bond acceptors (Lipinski definition) is 5. The molecule has 1 aliphatic carbocycles. The van der Waals surface area contributed by atoms with Gasteiger partial charge in [-0.25, -0.2) is 12.8 Å². The molecule has 1 N–H and O–H groups in total. The number of amides is 1. The number of hydrogen-bond donors (Lipinski definition) is 1. The molecule has 1 saturated carbocycles. The lowest BCUT2D eigenvalue weighted by Crippen LogP contribution is -2.35. The predicted octanol–water partition coefficient (Wildman–Crippen LogP) is 3.74. The van der Waals surface area contributed by atoms with Crippen molar-refractivity contribution in [3.8, 4) is 0 Å². The zero-order valence-electron chi connectivity index (χ0n) is 18.1. The highest BCUT2D eigenvalue weighted by Crippen LogP contribution is 2.30. The molecule has 1 amide bonds. The number of esters is 1. The predicted molar refractivity (Wildman–Crippen MR) is 118 cm³/mol. The van der Waals surface area contributed by atoms with Crippen LogP contribution in [0.2, 0.25) is 0 Å². The number of nitrogens with one attached hydrogen (secondary N) is 1. The van der Waals surface area contributed by atoms with Gasteiger partial charge >= 0.3 is 5.97 Å². The average Bonchev–Trinajstić information content (AvgIpc) is 3.56. The Morgan fingerprint density at radius 3 is 2.59 bits per heavy atom. The van der Waals surface area contributed by atoms with Gasteiger partial charge in [0, 0.05) is 24.3 Å². The molecular weight excluding hydrogens is 435 g/mol. The van der Waals surface area contributed by atoms with Crippen LogP contribution in [0.3, 0.4) is 0 Å². The Morgan fingerprint density at radius 2 is 1.94 bits per heavy atom. The Hall–Kier alpha value is -2.94. The van der Waals surface area contributed by atoms with Crippen molar-refractivity contribution in [2.45, 2.75) is 38.0 Å². The first-order valence-electron chi connectivity index (χ1n) is 10.5. The number of sulfonamides is 1. The lowest BCUT2D eigenvalue weighted by molar-refractivity contribution is -0.143. The van der Waals surface area contributed by atoms with E-state index in [1.165, 1.54) is 24.3 Å². The van der Waals surface area contributed by atoms with E-state index in [1.807, 2.05) is 0 Å². The highest BCUT2D eigenvalue weighted by atomic mass is 32.2. The van der Waals surface area contributed by atoms with Gasteiger partial charge in [-0.15, -0.1) is 0 Å². The van der Waals surface area contributed by atoms with Crippen molar-refractivity contribution < 1.29 is 27.1 Å². The largest absolute Gasteiger partial charge is 0.466 e. The Morgan fingerprint density at radius 1 is 1.19 bits per heavy atom. The SMILES string of the molecule is CCOC(=O)CCN(CC1CC1)C(=O)c1cccc(NS(=O)(=O)c2ccc(C)c(F)c2)c1. The van der Waals surface area contributed by atoms with Crippen LogP contribution in [0.1, 0.15) is 42.1 Å². The van der Waals surface area contributed by atoms with E-state index >= 15 is 0 Å². The maximum Gasteiger partial charge on any atom is 0.307 e. The van der Waals surface area contributed by atoms with Gasteiger partial charge < -0.3 is 9.64 Å². The number of anilines is 1. The minimum Gasteiger partial charge on any atom is -0.466 e. The molecule has 0 heterocycles. The number of carbonyl (C=O) groups excluding carboxylic acids is 2. The van der Waals surface area contributed by atoms with E-state index in [1.54, 1.807) is 30.9 Å². The first-order chi connectivity index (χ1) is 15.2. The second-order valence-electron chi connectivity index (χ2n) is 7.85. The van der Waals surface area contributed by atoms with Crippen LogP contribution in [0.4, 0.5) is 10.1 Å². The van der Waals surface area contributed by atoms with Crippen LogP contribution in [0.5, 0.6) is 0 Å². The molecule has 2 aromatic rings. The Bertz CT molecular complexity index is 1100. The molecule has 0 aliphatic heterocycles. The Kier molecular flexibility index (Phi) is 7.50. The van der Waals surface area contributed by atoms with Gasteiger partial charge in [0.2, 0.25) is 0 Å². The summed E-state index contributed by atoms with van der Waals surface area (Å²) in [6.07, 6.45) is 2.17. The number of nitrogens with zero attached hydrogens (tertiary/aromatic N) is 1. The van der Waals surface area contributed by atoms with Gasteiger partial charge in [-0.1, -0.05) is 12.1 Å². The zero-order chi connectivity index (χ0) is 23.3. The van der Waals surface area contributed by atoms with E-state index in [0.29, 0.717) is 23.6 Å². The summed E-state index contributed by atoms with van der Waals surface area (Å²) < 4.78 is 46.5. The molecule has 32 heavy (non-hydrogen) atoms. The van der Waals surface area contributed by atoms with Gasteiger partial charge in [-0.2, -0.15) is 0 Å². The molecule has 1 aliphatic rings. The maximum atomic E-state index is 13.8. The first-order valence-corrected chi connectivity index (χ1v) is 12.0. The van der Waals surface area contributed by atoms with E-state index < -0.39 is 15.8 Å². The van der Waals surface area contributed by atoms with Gasteiger partial charge in [0.15, 0.2) is 0 Å². The number of rotatable bonds is 10. The molecule has 2 aromatic carbocycles. The fraction of sp³-hybridized carbons (Fsp3) is 0.391. The number of benzene rings is 2. The Balaban J connectivity index is 1.75. The molecule has 172 valence electrons. The summed E-state index contributed by atoms with van der Waals surface area (Å²) in [5.74, 6) is -0.857. The number of ether oxygens (including phenoxy) is 1. The molecule has 0 bridgehead atoms. The third-order valence-corrected chi connectivity index (χ3v) is 6.55. The molecule has 1 fully saturated rings. The molecule has 3 rings (SSSR count). The number of halogens is 1. The standard InChI is InChI=1S/C23H27FN2O5S/c1-3-31-22(27)11-12-26(15-17-8-9-17)23(28)18-5-4-6-19(13-18)25-32(29,30)20-10-7-16(2)21(24)14-20/h4-7,10,13-14,17,25H,3,8-9,11-12,15H2,1-2H3. The molecule has 0 saturated heterocycles. The molecular formula is C23H27FN2O5S. The van der Waals surface area contributed by atoms with E-state index in [4.69, 9.17) is 4.74 Å². The first kappa shape index (κ1) is 23.7. The fourth-order valence-corrected chi connectivity index (χ4v) is 4.26. The van der Waals surface area contributed by atoms with Gasteiger partial charge in [-0.05, 0) is 68.5 Å². The van der Waals surface area contributed by atoms with Crippen molar-refractivity contribution in [3.63, 3.8) is 0 Å². The second kappa shape index (κ2) is 10.1. The summed E-state index contributed by atoms with van der Waals surface area (Å²) in [6.45, 7) is 4.32. The van der Waals surface area contributed by atoms with E-state index in [2.05, 4.69) is 4.72 Å². The minimum atomic E-state index is -4.03. The number of aryl methyl sites for hydroxylation is 1. The monoisotopic (exact) mass is 462 g/mol.